The molecule has 3 aromatic rings. The van der Waals surface area contributed by atoms with Crippen LogP contribution >= 0.6 is 0 Å². The first-order chi connectivity index (χ1) is 12.0. The monoisotopic (exact) mass is 337 g/mol. The van der Waals surface area contributed by atoms with Crippen LogP contribution in [0.2, 0.25) is 0 Å². The molecule has 2 aromatic heterocycles. The summed E-state index contributed by atoms with van der Waals surface area (Å²) in [5.74, 6) is 0.631. The van der Waals surface area contributed by atoms with E-state index in [2.05, 4.69) is 20.6 Å². The maximum atomic E-state index is 12.2. The molecule has 0 spiro atoms. The first kappa shape index (κ1) is 17.0. The first-order valence-corrected chi connectivity index (χ1v) is 8.43. The number of anilines is 2. The molecule has 0 aliphatic heterocycles. The van der Waals surface area contributed by atoms with Crippen molar-refractivity contribution in [3.63, 3.8) is 0 Å². The molecule has 0 unspecified atom stereocenters. The van der Waals surface area contributed by atoms with Crippen LogP contribution in [0.15, 0.2) is 36.5 Å². The predicted molar refractivity (Wildman–Crippen MR) is 101 cm³/mol. The molecule has 6 nitrogen and oxygen atoms in total. The summed E-state index contributed by atoms with van der Waals surface area (Å²) in [6.45, 7) is 4.54. The topological polar surface area (TPSA) is 71.8 Å². The highest BCUT2D eigenvalue weighted by molar-refractivity contribution is 6.01. The second kappa shape index (κ2) is 7.34. The van der Waals surface area contributed by atoms with Crippen LogP contribution in [0, 0.1) is 13.8 Å². The molecule has 2 N–H and O–H groups in total. The van der Waals surface area contributed by atoms with Crippen molar-refractivity contribution in [1.82, 2.24) is 14.5 Å². The van der Waals surface area contributed by atoms with Gasteiger partial charge in [0.2, 0.25) is 11.9 Å². The Bertz CT molecular complexity index is 880. The summed E-state index contributed by atoms with van der Waals surface area (Å²) in [4.78, 5) is 20.9. The molecule has 0 saturated heterocycles. The van der Waals surface area contributed by atoms with E-state index in [1.807, 2.05) is 62.0 Å². The SMILES string of the molecule is Cc1cc(C)nc(NCCCC(=O)Nc2cccc3c2ccn3C)n1. The van der Waals surface area contributed by atoms with Crippen LogP contribution < -0.4 is 10.6 Å². The zero-order chi connectivity index (χ0) is 17.8. The van der Waals surface area contributed by atoms with Gasteiger partial charge < -0.3 is 15.2 Å². The van der Waals surface area contributed by atoms with Gasteiger partial charge in [-0.2, -0.15) is 0 Å². The number of nitrogens with zero attached hydrogens (tertiary/aromatic N) is 3. The minimum Gasteiger partial charge on any atom is -0.354 e. The van der Waals surface area contributed by atoms with E-state index >= 15 is 0 Å². The number of hydrogen-bond acceptors (Lipinski definition) is 4. The molecule has 0 atom stereocenters. The number of rotatable bonds is 6. The summed E-state index contributed by atoms with van der Waals surface area (Å²) in [6.07, 6.45) is 3.15. The maximum Gasteiger partial charge on any atom is 0.224 e. The van der Waals surface area contributed by atoms with E-state index in [4.69, 9.17) is 0 Å². The van der Waals surface area contributed by atoms with Crippen LogP contribution in [-0.2, 0) is 11.8 Å². The lowest BCUT2D eigenvalue weighted by molar-refractivity contribution is -0.116. The summed E-state index contributed by atoms with van der Waals surface area (Å²) >= 11 is 0. The van der Waals surface area contributed by atoms with Crippen molar-refractivity contribution in [2.45, 2.75) is 26.7 Å². The van der Waals surface area contributed by atoms with Crippen LogP contribution in [0.1, 0.15) is 24.2 Å². The number of fused-ring (bicyclic) bond motifs is 1. The lowest BCUT2D eigenvalue weighted by Gasteiger charge is -2.08. The van der Waals surface area contributed by atoms with E-state index in [0.29, 0.717) is 25.3 Å². The van der Waals surface area contributed by atoms with Crippen LogP contribution in [0.5, 0.6) is 0 Å². The number of aryl methyl sites for hydroxylation is 3. The Morgan fingerprint density at radius 3 is 2.68 bits per heavy atom. The molecule has 3 rings (SSSR count). The molecule has 0 bridgehead atoms. The van der Waals surface area contributed by atoms with Crippen molar-refractivity contribution >= 4 is 28.4 Å². The fourth-order valence-corrected chi connectivity index (χ4v) is 2.88. The van der Waals surface area contributed by atoms with Gasteiger partial charge in [-0.3, -0.25) is 4.79 Å². The van der Waals surface area contributed by atoms with Crippen molar-refractivity contribution in [2.75, 3.05) is 17.2 Å². The molecular weight excluding hydrogens is 314 g/mol. The molecule has 0 aliphatic rings. The van der Waals surface area contributed by atoms with Crippen LogP contribution in [0.4, 0.5) is 11.6 Å². The van der Waals surface area contributed by atoms with Gasteiger partial charge in [-0.1, -0.05) is 6.07 Å². The zero-order valence-electron chi connectivity index (χ0n) is 14.8. The highest BCUT2D eigenvalue weighted by Crippen LogP contribution is 2.24. The standard InChI is InChI=1S/C19H23N5O/c1-13-12-14(2)22-19(21-13)20-10-5-8-18(25)23-16-6-4-7-17-15(16)9-11-24(17)3/h4,6-7,9,11-12H,5,8,10H2,1-3H3,(H,23,25)(H,20,21,22). The minimum absolute atomic E-state index is 0.0134. The van der Waals surface area contributed by atoms with Gasteiger partial charge in [-0.25, -0.2) is 9.97 Å². The summed E-state index contributed by atoms with van der Waals surface area (Å²) in [5.41, 5.74) is 3.83. The number of carbonyl (C=O) groups excluding carboxylic acids is 1. The molecule has 2 heterocycles. The van der Waals surface area contributed by atoms with Crippen LogP contribution in [-0.4, -0.2) is 27.0 Å². The van der Waals surface area contributed by atoms with Gasteiger partial charge in [0, 0.05) is 48.5 Å². The molecule has 0 aliphatic carbocycles. The highest BCUT2D eigenvalue weighted by atomic mass is 16.1. The van der Waals surface area contributed by atoms with Gasteiger partial charge in [0.25, 0.3) is 0 Å². The Kier molecular flexibility index (Phi) is 4.97. The highest BCUT2D eigenvalue weighted by Gasteiger charge is 2.07. The summed E-state index contributed by atoms with van der Waals surface area (Å²) in [5, 5.41) is 7.23. The Morgan fingerprint density at radius 2 is 1.92 bits per heavy atom. The lowest BCUT2D eigenvalue weighted by Crippen LogP contribution is -2.14. The van der Waals surface area contributed by atoms with Crippen LogP contribution in [0.3, 0.4) is 0 Å². The number of amides is 1. The Labute approximate surface area is 147 Å². The Hall–Kier alpha value is -2.89. The molecule has 1 amide bonds. The number of hydrogen-bond donors (Lipinski definition) is 2. The molecule has 25 heavy (non-hydrogen) atoms. The fraction of sp³-hybridized carbons (Fsp3) is 0.316. The van der Waals surface area contributed by atoms with Crippen molar-refractivity contribution in [1.29, 1.82) is 0 Å². The third-order valence-electron chi connectivity index (χ3n) is 4.05. The van der Waals surface area contributed by atoms with Gasteiger partial charge in [0.1, 0.15) is 0 Å². The summed E-state index contributed by atoms with van der Waals surface area (Å²) < 4.78 is 2.04. The molecule has 130 valence electrons. The minimum atomic E-state index is 0.0134. The van der Waals surface area contributed by atoms with E-state index < -0.39 is 0 Å². The lowest BCUT2D eigenvalue weighted by atomic mass is 10.2. The molecule has 6 heteroatoms. The van der Waals surface area contributed by atoms with Gasteiger partial charge in [0.05, 0.1) is 5.69 Å². The number of carbonyl (C=O) groups is 1. The van der Waals surface area contributed by atoms with Gasteiger partial charge >= 0.3 is 0 Å². The Morgan fingerprint density at radius 1 is 1.16 bits per heavy atom. The predicted octanol–water partition coefficient (Wildman–Crippen LogP) is 3.42. The normalized spacial score (nSPS) is 10.8. The van der Waals surface area contributed by atoms with Crippen LogP contribution in [0.25, 0.3) is 10.9 Å². The average molecular weight is 337 g/mol. The zero-order valence-corrected chi connectivity index (χ0v) is 14.8. The third kappa shape index (κ3) is 4.15. The summed E-state index contributed by atoms with van der Waals surface area (Å²) in [7, 11) is 1.99. The summed E-state index contributed by atoms with van der Waals surface area (Å²) in [6, 6.07) is 9.88. The maximum absolute atomic E-state index is 12.2. The van der Waals surface area contributed by atoms with Crippen molar-refractivity contribution in [2.24, 2.45) is 7.05 Å². The van der Waals surface area contributed by atoms with Crippen molar-refractivity contribution < 1.29 is 4.79 Å². The van der Waals surface area contributed by atoms with E-state index in [1.54, 1.807) is 0 Å². The van der Waals surface area contributed by atoms with E-state index in [-0.39, 0.29) is 5.91 Å². The second-order valence-corrected chi connectivity index (χ2v) is 6.22. The molecule has 0 radical (unpaired) electrons. The molecule has 1 aromatic carbocycles. The third-order valence-corrected chi connectivity index (χ3v) is 4.05. The molecule has 0 fully saturated rings. The quantitative estimate of drug-likeness (QED) is 0.676. The largest absolute Gasteiger partial charge is 0.354 e. The van der Waals surface area contributed by atoms with E-state index in [9.17, 15) is 4.79 Å². The number of nitrogens with one attached hydrogen (secondary N) is 2. The molecular formula is C19H23N5O. The Balaban J connectivity index is 1.51. The van der Waals surface area contributed by atoms with Gasteiger partial charge in [-0.15, -0.1) is 0 Å². The van der Waals surface area contributed by atoms with Crippen molar-refractivity contribution in [3.8, 4) is 0 Å². The second-order valence-electron chi connectivity index (χ2n) is 6.22. The smallest absolute Gasteiger partial charge is 0.224 e. The fourth-order valence-electron chi connectivity index (χ4n) is 2.88. The number of aromatic nitrogens is 3. The van der Waals surface area contributed by atoms with E-state index in [0.717, 1.165) is 28.0 Å². The van der Waals surface area contributed by atoms with Crippen molar-refractivity contribution in [3.05, 3.63) is 47.9 Å². The number of benzene rings is 1. The average Bonchev–Trinajstić information content (AvgIpc) is 2.93. The van der Waals surface area contributed by atoms with Gasteiger partial charge in [0.15, 0.2) is 0 Å². The molecule has 0 saturated carbocycles. The van der Waals surface area contributed by atoms with E-state index in [1.165, 1.54) is 0 Å². The van der Waals surface area contributed by atoms with Gasteiger partial charge in [-0.05, 0) is 44.5 Å². The first-order valence-electron chi connectivity index (χ1n) is 8.43.